The lowest BCUT2D eigenvalue weighted by molar-refractivity contribution is 0.442. The molecule has 0 fully saturated rings. The summed E-state index contributed by atoms with van der Waals surface area (Å²) in [5.41, 5.74) is 0.840. The molecule has 5 heteroatoms. The second-order valence-corrected chi connectivity index (χ2v) is 6.28. The number of thiophene rings is 1. The predicted molar refractivity (Wildman–Crippen MR) is 79.1 cm³/mol. The van der Waals surface area contributed by atoms with Gasteiger partial charge in [-0.25, -0.2) is 0 Å². The standard InChI is InChI=1S/C14H16ClNO2S/c1-8(10-5-11(17)7-12(18)6-10)16-9(2)13-3-4-14(15)19-13/h3-9,16-18H,1-2H3. The molecular formula is C14H16ClNO2S. The van der Waals surface area contributed by atoms with Gasteiger partial charge in [-0.3, -0.25) is 0 Å². The molecule has 0 amide bonds. The van der Waals surface area contributed by atoms with Gasteiger partial charge in [0.25, 0.3) is 0 Å². The first-order chi connectivity index (χ1) is 8.95. The molecule has 1 aromatic heterocycles. The molecule has 2 aromatic rings. The Morgan fingerprint density at radius 1 is 1.05 bits per heavy atom. The van der Waals surface area contributed by atoms with E-state index in [4.69, 9.17) is 11.6 Å². The van der Waals surface area contributed by atoms with E-state index in [1.807, 2.05) is 19.1 Å². The lowest BCUT2D eigenvalue weighted by Crippen LogP contribution is -2.21. The van der Waals surface area contributed by atoms with Crippen LogP contribution in [-0.2, 0) is 0 Å². The number of rotatable bonds is 4. The molecule has 0 saturated heterocycles. The van der Waals surface area contributed by atoms with Crippen LogP contribution >= 0.6 is 22.9 Å². The van der Waals surface area contributed by atoms with E-state index in [0.29, 0.717) is 0 Å². The van der Waals surface area contributed by atoms with E-state index in [0.717, 1.165) is 14.8 Å². The summed E-state index contributed by atoms with van der Waals surface area (Å²) >= 11 is 7.47. The molecule has 0 bridgehead atoms. The van der Waals surface area contributed by atoms with Crippen molar-refractivity contribution >= 4 is 22.9 Å². The third kappa shape index (κ3) is 3.62. The van der Waals surface area contributed by atoms with Gasteiger partial charge in [0, 0.05) is 23.0 Å². The molecule has 0 saturated carbocycles. The molecule has 3 N–H and O–H groups in total. The zero-order valence-corrected chi connectivity index (χ0v) is 12.3. The van der Waals surface area contributed by atoms with Crippen molar-refractivity contribution in [3.63, 3.8) is 0 Å². The fraction of sp³-hybridized carbons (Fsp3) is 0.286. The topological polar surface area (TPSA) is 52.5 Å². The van der Waals surface area contributed by atoms with E-state index in [1.165, 1.54) is 6.07 Å². The Balaban J connectivity index is 2.10. The van der Waals surface area contributed by atoms with Crippen LogP contribution in [0.15, 0.2) is 30.3 Å². The smallest absolute Gasteiger partial charge is 0.119 e. The maximum Gasteiger partial charge on any atom is 0.119 e. The van der Waals surface area contributed by atoms with Gasteiger partial charge in [0.2, 0.25) is 0 Å². The van der Waals surface area contributed by atoms with Crippen molar-refractivity contribution in [3.8, 4) is 11.5 Å². The van der Waals surface area contributed by atoms with Crippen LogP contribution in [0.4, 0.5) is 0 Å². The van der Waals surface area contributed by atoms with Crippen LogP contribution < -0.4 is 5.32 Å². The second-order valence-electron chi connectivity index (χ2n) is 4.53. The van der Waals surface area contributed by atoms with Gasteiger partial charge in [0.15, 0.2) is 0 Å². The molecule has 0 aliphatic rings. The van der Waals surface area contributed by atoms with Crippen molar-refractivity contribution in [1.29, 1.82) is 0 Å². The van der Waals surface area contributed by atoms with Crippen molar-refractivity contribution in [2.45, 2.75) is 25.9 Å². The Labute approximate surface area is 121 Å². The lowest BCUT2D eigenvalue weighted by atomic mass is 10.1. The molecule has 0 spiro atoms. The first-order valence-corrected chi connectivity index (χ1v) is 7.19. The molecular weight excluding hydrogens is 282 g/mol. The average molecular weight is 298 g/mol. The molecule has 1 heterocycles. The molecule has 0 radical (unpaired) electrons. The molecule has 2 unspecified atom stereocenters. The van der Waals surface area contributed by atoms with Crippen LogP contribution in [0.3, 0.4) is 0 Å². The Bertz CT molecular complexity index is 550. The zero-order chi connectivity index (χ0) is 14.0. The number of benzene rings is 1. The summed E-state index contributed by atoms with van der Waals surface area (Å²) in [6.45, 7) is 4.04. The highest BCUT2D eigenvalue weighted by atomic mass is 35.5. The van der Waals surface area contributed by atoms with Crippen molar-refractivity contribution in [3.05, 3.63) is 45.1 Å². The van der Waals surface area contributed by atoms with E-state index >= 15 is 0 Å². The van der Waals surface area contributed by atoms with E-state index < -0.39 is 0 Å². The van der Waals surface area contributed by atoms with E-state index in [9.17, 15) is 10.2 Å². The Morgan fingerprint density at radius 3 is 2.21 bits per heavy atom. The first kappa shape index (κ1) is 14.2. The van der Waals surface area contributed by atoms with Gasteiger partial charge >= 0.3 is 0 Å². The summed E-state index contributed by atoms with van der Waals surface area (Å²) in [6, 6.07) is 8.64. The normalized spacial score (nSPS) is 14.3. The average Bonchev–Trinajstić information content (AvgIpc) is 2.74. The molecule has 2 rings (SSSR count). The van der Waals surface area contributed by atoms with Crippen molar-refractivity contribution in [2.75, 3.05) is 0 Å². The highest BCUT2D eigenvalue weighted by Gasteiger charge is 2.14. The lowest BCUT2D eigenvalue weighted by Gasteiger charge is -2.20. The Kier molecular flexibility index (Phi) is 4.34. The zero-order valence-electron chi connectivity index (χ0n) is 10.7. The van der Waals surface area contributed by atoms with Crippen LogP contribution in [0.25, 0.3) is 0 Å². The maximum atomic E-state index is 9.49. The number of hydrogen-bond donors (Lipinski definition) is 3. The highest BCUT2D eigenvalue weighted by molar-refractivity contribution is 7.16. The second kappa shape index (κ2) is 5.82. The van der Waals surface area contributed by atoms with Crippen molar-refractivity contribution in [1.82, 2.24) is 5.32 Å². The molecule has 1 aromatic carbocycles. The SMILES string of the molecule is CC(NC(C)c1ccc(Cl)s1)c1cc(O)cc(O)c1. The summed E-state index contributed by atoms with van der Waals surface area (Å²) in [4.78, 5) is 1.15. The monoisotopic (exact) mass is 297 g/mol. The largest absolute Gasteiger partial charge is 0.508 e. The van der Waals surface area contributed by atoms with Gasteiger partial charge < -0.3 is 15.5 Å². The summed E-state index contributed by atoms with van der Waals surface area (Å²) in [5.74, 6) is 0.131. The number of aromatic hydroxyl groups is 2. The molecule has 0 aliphatic carbocycles. The Hall–Kier alpha value is -1.23. The van der Waals surface area contributed by atoms with Gasteiger partial charge in [-0.15, -0.1) is 11.3 Å². The minimum atomic E-state index is 0.00822. The summed E-state index contributed by atoms with van der Waals surface area (Å²) < 4.78 is 0.770. The maximum absolute atomic E-state index is 9.49. The summed E-state index contributed by atoms with van der Waals surface area (Å²) in [7, 11) is 0. The van der Waals surface area contributed by atoms with Gasteiger partial charge in [0.1, 0.15) is 11.5 Å². The third-order valence-electron chi connectivity index (χ3n) is 2.95. The molecule has 102 valence electrons. The minimum Gasteiger partial charge on any atom is -0.508 e. The van der Waals surface area contributed by atoms with E-state index in [2.05, 4.69) is 12.2 Å². The quantitative estimate of drug-likeness (QED) is 0.792. The molecule has 0 aliphatic heterocycles. The minimum absolute atomic E-state index is 0.00822. The summed E-state index contributed by atoms with van der Waals surface area (Å²) in [5, 5.41) is 22.4. The number of nitrogens with one attached hydrogen (secondary N) is 1. The number of phenolic OH excluding ortho intramolecular Hbond substituents is 2. The number of halogens is 1. The van der Waals surface area contributed by atoms with Crippen molar-refractivity contribution in [2.24, 2.45) is 0 Å². The molecule has 19 heavy (non-hydrogen) atoms. The first-order valence-electron chi connectivity index (χ1n) is 6.00. The highest BCUT2D eigenvalue weighted by Crippen LogP contribution is 2.30. The van der Waals surface area contributed by atoms with Crippen LogP contribution in [0, 0.1) is 0 Å². The van der Waals surface area contributed by atoms with Crippen LogP contribution in [-0.4, -0.2) is 10.2 Å². The van der Waals surface area contributed by atoms with Crippen LogP contribution in [0.1, 0.15) is 36.4 Å². The van der Waals surface area contributed by atoms with Gasteiger partial charge in [0.05, 0.1) is 4.34 Å². The van der Waals surface area contributed by atoms with E-state index in [1.54, 1.807) is 23.5 Å². The van der Waals surface area contributed by atoms with Crippen molar-refractivity contribution < 1.29 is 10.2 Å². The van der Waals surface area contributed by atoms with Gasteiger partial charge in [-0.2, -0.15) is 0 Å². The predicted octanol–water partition coefficient (Wildman–Crippen LogP) is 4.22. The van der Waals surface area contributed by atoms with E-state index in [-0.39, 0.29) is 23.6 Å². The fourth-order valence-corrected chi connectivity index (χ4v) is 3.05. The fourth-order valence-electron chi connectivity index (χ4n) is 1.98. The Morgan fingerprint density at radius 2 is 1.68 bits per heavy atom. The summed E-state index contributed by atoms with van der Waals surface area (Å²) in [6.07, 6.45) is 0. The third-order valence-corrected chi connectivity index (χ3v) is 4.36. The number of phenols is 2. The van der Waals surface area contributed by atoms with Crippen LogP contribution in [0.5, 0.6) is 11.5 Å². The van der Waals surface area contributed by atoms with Gasteiger partial charge in [-0.05, 0) is 43.7 Å². The van der Waals surface area contributed by atoms with Gasteiger partial charge in [-0.1, -0.05) is 11.6 Å². The molecule has 2 atom stereocenters. The number of hydrogen-bond acceptors (Lipinski definition) is 4. The molecule has 3 nitrogen and oxygen atoms in total. The van der Waals surface area contributed by atoms with Crippen LogP contribution in [0.2, 0.25) is 4.34 Å².